The van der Waals surface area contributed by atoms with Gasteiger partial charge in [0.15, 0.2) is 0 Å². The van der Waals surface area contributed by atoms with Gasteiger partial charge in [0, 0.05) is 14.1 Å². The number of rotatable bonds is 3. The van der Waals surface area contributed by atoms with Crippen molar-refractivity contribution >= 4 is 17.6 Å². The summed E-state index contributed by atoms with van der Waals surface area (Å²) in [6.45, 7) is 0.446. The topological polar surface area (TPSA) is 43.6 Å². The van der Waals surface area contributed by atoms with Crippen molar-refractivity contribution in [3.05, 3.63) is 60.2 Å². The summed E-state index contributed by atoms with van der Waals surface area (Å²) in [4.78, 5) is 25.3. The van der Waals surface area contributed by atoms with E-state index in [0.717, 1.165) is 11.3 Å². The molecule has 0 radical (unpaired) electrons. The predicted octanol–water partition coefficient (Wildman–Crippen LogP) is 1.82. The zero-order valence-corrected chi connectivity index (χ0v) is 12.6. The molecule has 2 aliphatic rings. The van der Waals surface area contributed by atoms with Crippen LogP contribution in [0.15, 0.2) is 54.6 Å². The SMILES string of the molecule is CN(C)N1C(=O)C2C=CC=CC2=[N+](Cc2ccccc2)C1=O. The van der Waals surface area contributed by atoms with Crippen molar-refractivity contribution in [3.8, 4) is 0 Å². The minimum absolute atomic E-state index is 0.213. The Labute approximate surface area is 129 Å². The summed E-state index contributed by atoms with van der Waals surface area (Å²) < 4.78 is 1.67. The van der Waals surface area contributed by atoms with Gasteiger partial charge in [-0.25, -0.2) is 4.79 Å². The zero-order valence-electron chi connectivity index (χ0n) is 12.6. The molecule has 1 heterocycles. The molecule has 0 N–H and O–H groups in total. The Morgan fingerprint density at radius 2 is 1.86 bits per heavy atom. The molecule has 1 unspecified atom stereocenters. The van der Waals surface area contributed by atoms with Gasteiger partial charge in [-0.1, -0.05) is 53.6 Å². The Bertz CT molecular complexity index is 702. The highest BCUT2D eigenvalue weighted by Gasteiger charge is 2.48. The maximum absolute atomic E-state index is 12.7. The van der Waals surface area contributed by atoms with Crippen molar-refractivity contribution in [2.24, 2.45) is 5.92 Å². The molecule has 0 saturated carbocycles. The molecule has 5 heteroatoms. The van der Waals surface area contributed by atoms with Gasteiger partial charge in [0.2, 0.25) is 0 Å². The fraction of sp³-hybridized carbons (Fsp3) is 0.235. The quantitative estimate of drug-likeness (QED) is 0.799. The third-order valence-corrected chi connectivity index (χ3v) is 3.78. The number of imide groups is 1. The minimum atomic E-state index is -0.409. The van der Waals surface area contributed by atoms with Crippen LogP contribution in [0.1, 0.15) is 5.56 Å². The van der Waals surface area contributed by atoms with Crippen molar-refractivity contribution in [1.29, 1.82) is 0 Å². The Kier molecular flexibility index (Phi) is 3.73. The minimum Gasteiger partial charge on any atom is -0.243 e. The maximum atomic E-state index is 12.7. The van der Waals surface area contributed by atoms with Gasteiger partial charge in [0.05, 0.1) is 0 Å². The molecule has 112 valence electrons. The second kappa shape index (κ2) is 5.69. The van der Waals surface area contributed by atoms with E-state index in [1.165, 1.54) is 10.0 Å². The number of urea groups is 1. The number of allylic oxidation sites excluding steroid dienone is 3. The van der Waals surface area contributed by atoms with Crippen LogP contribution in [0.5, 0.6) is 0 Å². The van der Waals surface area contributed by atoms with E-state index in [2.05, 4.69) is 0 Å². The summed E-state index contributed by atoms with van der Waals surface area (Å²) in [6, 6.07) is 9.46. The van der Waals surface area contributed by atoms with Crippen LogP contribution in [0.25, 0.3) is 0 Å². The molecule has 0 saturated heterocycles. The molecule has 1 atom stereocenters. The van der Waals surface area contributed by atoms with E-state index in [9.17, 15) is 9.59 Å². The average Bonchev–Trinajstić information content (AvgIpc) is 2.52. The monoisotopic (exact) mass is 296 g/mol. The van der Waals surface area contributed by atoms with Gasteiger partial charge in [0.25, 0.3) is 0 Å². The van der Waals surface area contributed by atoms with Gasteiger partial charge in [-0.3, -0.25) is 0 Å². The normalized spacial score (nSPS) is 20.9. The van der Waals surface area contributed by atoms with E-state index in [-0.39, 0.29) is 11.9 Å². The number of hydrogen-bond donors (Lipinski definition) is 0. The largest absolute Gasteiger partial charge is 0.520 e. The first-order valence-electron chi connectivity index (χ1n) is 7.18. The van der Waals surface area contributed by atoms with Crippen molar-refractivity contribution in [1.82, 2.24) is 10.0 Å². The summed E-state index contributed by atoms with van der Waals surface area (Å²) in [5.74, 6) is -0.622. The molecule has 1 aromatic carbocycles. The van der Waals surface area contributed by atoms with Crippen molar-refractivity contribution < 1.29 is 14.2 Å². The van der Waals surface area contributed by atoms with Crippen LogP contribution in [0, 0.1) is 5.92 Å². The smallest absolute Gasteiger partial charge is 0.243 e. The van der Waals surface area contributed by atoms with Crippen LogP contribution in [0.3, 0.4) is 0 Å². The number of fused-ring (bicyclic) bond motifs is 1. The van der Waals surface area contributed by atoms with Crippen LogP contribution in [-0.2, 0) is 11.3 Å². The summed E-state index contributed by atoms with van der Waals surface area (Å²) in [5.41, 5.74) is 1.76. The Hall–Kier alpha value is -2.53. The molecule has 3 rings (SSSR count). The van der Waals surface area contributed by atoms with Gasteiger partial charge in [0.1, 0.15) is 18.2 Å². The standard InChI is InChI=1S/C17H18N3O2/c1-18(2)20-16(21)14-10-6-7-11-15(14)19(17(20)22)12-13-8-4-3-5-9-13/h3-11,14H,12H2,1-2H3/q+1. The highest BCUT2D eigenvalue weighted by molar-refractivity contribution is 6.16. The Morgan fingerprint density at radius 3 is 2.55 bits per heavy atom. The number of benzene rings is 1. The highest BCUT2D eigenvalue weighted by atomic mass is 16.2. The molecule has 0 bridgehead atoms. The van der Waals surface area contributed by atoms with Gasteiger partial charge in [-0.05, 0) is 11.6 Å². The lowest BCUT2D eigenvalue weighted by atomic mass is 9.95. The lowest BCUT2D eigenvalue weighted by Gasteiger charge is -2.29. The van der Waals surface area contributed by atoms with E-state index in [1.54, 1.807) is 18.7 Å². The molecule has 22 heavy (non-hydrogen) atoms. The molecule has 5 nitrogen and oxygen atoms in total. The first-order valence-corrected chi connectivity index (χ1v) is 7.18. The van der Waals surface area contributed by atoms with Crippen molar-refractivity contribution in [2.75, 3.05) is 14.1 Å². The number of carbonyl (C=O) groups is 2. The predicted molar refractivity (Wildman–Crippen MR) is 83.1 cm³/mol. The summed E-state index contributed by atoms with van der Waals surface area (Å²) in [7, 11) is 3.40. The van der Waals surface area contributed by atoms with Crippen molar-refractivity contribution in [3.63, 3.8) is 0 Å². The van der Waals surface area contributed by atoms with E-state index in [0.29, 0.717) is 6.54 Å². The first kappa shape index (κ1) is 14.4. The van der Waals surface area contributed by atoms with E-state index >= 15 is 0 Å². The molecule has 1 aliphatic heterocycles. The number of hydrazine groups is 1. The summed E-state index contributed by atoms with van der Waals surface area (Å²) in [5, 5.41) is 2.73. The fourth-order valence-corrected chi connectivity index (χ4v) is 2.74. The van der Waals surface area contributed by atoms with E-state index < -0.39 is 5.92 Å². The molecule has 0 spiro atoms. The number of amides is 3. The molecule has 1 aliphatic carbocycles. The third-order valence-electron chi connectivity index (χ3n) is 3.78. The van der Waals surface area contributed by atoms with Crippen LogP contribution >= 0.6 is 0 Å². The van der Waals surface area contributed by atoms with Gasteiger partial charge < -0.3 is 0 Å². The van der Waals surface area contributed by atoms with Crippen LogP contribution in [-0.4, -0.2) is 46.3 Å². The van der Waals surface area contributed by atoms with Crippen LogP contribution in [0.2, 0.25) is 0 Å². The number of hydrogen-bond acceptors (Lipinski definition) is 3. The second-order valence-electron chi connectivity index (χ2n) is 5.50. The lowest BCUT2D eigenvalue weighted by Crippen LogP contribution is -2.58. The highest BCUT2D eigenvalue weighted by Crippen LogP contribution is 2.21. The molecule has 3 amide bonds. The van der Waals surface area contributed by atoms with Gasteiger partial charge >= 0.3 is 11.9 Å². The zero-order chi connectivity index (χ0) is 15.7. The lowest BCUT2D eigenvalue weighted by molar-refractivity contribution is -0.461. The average molecular weight is 296 g/mol. The van der Waals surface area contributed by atoms with E-state index in [4.69, 9.17) is 0 Å². The van der Waals surface area contributed by atoms with E-state index in [1.807, 2.05) is 54.6 Å². The first-order chi connectivity index (χ1) is 10.6. The number of carbonyl (C=O) groups excluding carboxylic acids is 2. The molecular formula is C17H18N3O2+. The molecule has 0 fully saturated rings. The van der Waals surface area contributed by atoms with Crippen LogP contribution < -0.4 is 0 Å². The second-order valence-corrected chi connectivity index (χ2v) is 5.50. The fourth-order valence-electron chi connectivity index (χ4n) is 2.74. The summed E-state index contributed by atoms with van der Waals surface area (Å²) >= 11 is 0. The molecular weight excluding hydrogens is 278 g/mol. The van der Waals surface area contributed by atoms with Crippen LogP contribution in [0.4, 0.5) is 4.79 Å². The maximum Gasteiger partial charge on any atom is 0.520 e. The van der Waals surface area contributed by atoms with Gasteiger partial charge in [-0.2, -0.15) is 9.37 Å². The Balaban J connectivity index is 2.07. The van der Waals surface area contributed by atoms with Gasteiger partial charge in [-0.15, -0.1) is 5.01 Å². The summed E-state index contributed by atoms with van der Waals surface area (Å²) in [6.07, 6.45) is 7.38. The third kappa shape index (κ3) is 2.40. The molecule has 0 aromatic heterocycles. The van der Waals surface area contributed by atoms with Crippen molar-refractivity contribution in [2.45, 2.75) is 6.54 Å². The molecule has 1 aromatic rings. The number of nitrogens with zero attached hydrogens (tertiary/aromatic N) is 3. The Morgan fingerprint density at radius 1 is 1.14 bits per heavy atom.